The molecule has 2 aromatic rings. The number of primary amides is 1. The van der Waals surface area contributed by atoms with E-state index in [0.717, 1.165) is 17.0 Å². The maximum Gasteiger partial charge on any atom is 0.324 e. The Labute approximate surface area is 136 Å². The van der Waals surface area contributed by atoms with Gasteiger partial charge in [-0.05, 0) is 18.2 Å². The van der Waals surface area contributed by atoms with Crippen molar-refractivity contribution in [2.75, 3.05) is 12.0 Å². The molecular weight excluding hydrogens is 316 g/mol. The normalized spacial score (nSPS) is 9.83. The second kappa shape index (κ2) is 6.53. The van der Waals surface area contributed by atoms with E-state index >= 15 is 0 Å². The third-order valence-electron chi connectivity index (χ3n) is 3.19. The van der Waals surface area contributed by atoms with E-state index in [1.54, 1.807) is 0 Å². The Morgan fingerprint density at radius 1 is 1.38 bits per heavy atom. The van der Waals surface area contributed by atoms with Crippen LogP contribution in [0, 0.1) is 21.4 Å². The summed E-state index contributed by atoms with van der Waals surface area (Å²) in [4.78, 5) is 22.8. The zero-order valence-corrected chi connectivity index (χ0v) is 12.5. The van der Waals surface area contributed by atoms with Crippen LogP contribution in [0.5, 0.6) is 11.5 Å². The predicted octanol–water partition coefficient (Wildman–Crippen LogP) is 2.40. The van der Waals surface area contributed by atoms with Gasteiger partial charge in [0.1, 0.15) is 17.6 Å². The molecule has 0 atom stereocenters. The van der Waals surface area contributed by atoms with Gasteiger partial charge < -0.3 is 15.6 Å². The van der Waals surface area contributed by atoms with Crippen molar-refractivity contribution in [1.82, 2.24) is 0 Å². The molecular formula is C15H12N4O5. The number of nitro groups is 1. The molecule has 0 aliphatic rings. The monoisotopic (exact) mass is 328 g/mol. The number of phenolic OH excluding ortho intramolecular Hbond substituents is 1. The van der Waals surface area contributed by atoms with E-state index in [-0.39, 0.29) is 28.4 Å². The first-order valence-corrected chi connectivity index (χ1v) is 6.54. The largest absolute Gasteiger partial charge is 0.505 e. The summed E-state index contributed by atoms with van der Waals surface area (Å²) < 4.78 is 5.07. The number of nitrogens with two attached hydrogens (primary N) is 1. The highest BCUT2D eigenvalue weighted by molar-refractivity contribution is 6.00. The topological polar surface area (TPSA) is 143 Å². The number of aromatic hydroxyl groups is 1. The highest BCUT2D eigenvalue weighted by Gasteiger charge is 2.22. The van der Waals surface area contributed by atoms with Crippen LogP contribution >= 0.6 is 0 Å². The van der Waals surface area contributed by atoms with E-state index < -0.39 is 16.7 Å². The Balaban J connectivity index is 2.58. The first-order valence-electron chi connectivity index (χ1n) is 6.54. The fourth-order valence-corrected chi connectivity index (χ4v) is 2.11. The zero-order chi connectivity index (χ0) is 17.9. The number of amides is 2. The summed E-state index contributed by atoms with van der Waals surface area (Å²) in [5, 5.41) is 29.7. The van der Waals surface area contributed by atoms with Crippen LogP contribution in [0.15, 0.2) is 36.4 Å². The third-order valence-corrected chi connectivity index (χ3v) is 3.19. The molecule has 0 aromatic heterocycles. The number of hydrogen-bond acceptors (Lipinski definition) is 6. The lowest BCUT2D eigenvalue weighted by molar-refractivity contribution is -0.384. The van der Waals surface area contributed by atoms with E-state index in [2.05, 4.69) is 0 Å². The standard InChI is InChI=1S/C15H12N4O5/c1-24-14-7-10(3-2-9(14)8-16)18(15(17)21)12-5-4-11(19(22)23)6-13(12)20/h2-7,20H,1H3,(H2,17,21). The second-order valence-corrected chi connectivity index (χ2v) is 4.60. The van der Waals surface area contributed by atoms with Crippen molar-refractivity contribution in [3.8, 4) is 17.6 Å². The minimum Gasteiger partial charge on any atom is -0.505 e. The SMILES string of the molecule is COc1cc(N(C(N)=O)c2ccc([N+](=O)[O-])cc2O)ccc1C#N. The first kappa shape index (κ1) is 16.6. The van der Waals surface area contributed by atoms with Crippen molar-refractivity contribution >= 4 is 23.1 Å². The Bertz CT molecular complexity index is 859. The number of nitrogens with zero attached hydrogens (tertiary/aromatic N) is 3. The van der Waals surface area contributed by atoms with Gasteiger partial charge in [0, 0.05) is 12.1 Å². The molecule has 0 bridgehead atoms. The van der Waals surface area contributed by atoms with Gasteiger partial charge in [0.15, 0.2) is 0 Å². The van der Waals surface area contributed by atoms with Gasteiger partial charge in [-0.1, -0.05) is 0 Å². The molecule has 0 aliphatic carbocycles. The van der Waals surface area contributed by atoms with Crippen LogP contribution in [-0.4, -0.2) is 23.2 Å². The summed E-state index contributed by atoms with van der Waals surface area (Å²) in [6, 6.07) is 8.49. The Hall–Kier alpha value is -3.80. The molecule has 3 N–H and O–H groups in total. The van der Waals surface area contributed by atoms with Gasteiger partial charge in [-0.25, -0.2) is 4.79 Å². The van der Waals surface area contributed by atoms with E-state index in [1.165, 1.54) is 31.4 Å². The molecule has 0 saturated heterocycles. The number of benzene rings is 2. The number of carbonyl (C=O) groups is 1. The number of nitro benzene ring substituents is 1. The highest BCUT2D eigenvalue weighted by atomic mass is 16.6. The van der Waals surface area contributed by atoms with Crippen LogP contribution < -0.4 is 15.4 Å². The molecule has 9 heteroatoms. The summed E-state index contributed by atoms with van der Waals surface area (Å²) >= 11 is 0. The quantitative estimate of drug-likeness (QED) is 0.651. The minimum absolute atomic E-state index is 0.0418. The number of methoxy groups -OCH3 is 1. The number of ether oxygens (including phenoxy) is 1. The summed E-state index contributed by atoms with van der Waals surface area (Å²) in [6.07, 6.45) is 0. The van der Waals surface area contributed by atoms with Gasteiger partial charge >= 0.3 is 6.03 Å². The lowest BCUT2D eigenvalue weighted by Gasteiger charge is -2.22. The molecule has 9 nitrogen and oxygen atoms in total. The number of rotatable bonds is 4. The lowest BCUT2D eigenvalue weighted by Crippen LogP contribution is -2.31. The zero-order valence-electron chi connectivity index (χ0n) is 12.5. The van der Waals surface area contributed by atoms with Crippen molar-refractivity contribution < 1.29 is 19.6 Å². The summed E-state index contributed by atoms with van der Waals surface area (Å²) in [5.74, 6) is -0.283. The maximum atomic E-state index is 11.8. The summed E-state index contributed by atoms with van der Waals surface area (Å²) in [6.45, 7) is 0. The third kappa shape index (κ3) is 3.02. The minimum atomic E-state index is -0.925. The molecule has 2 aromatic carbocycles. The van der Waals surface area contributed by atoms with E-state index in [4.69, 9.17) is 15.7 Å². The average Bonchev–Trinajstić information content (AvgIpc) is 2.55. The molecule has 0 saturated carbocycles. The second-order valence-electron chi connectivity index (χ2n) is 4.60. The molecule has 24 heavy (non-hydrogen) atoms. The molecule has 0 heterocycles. The number of non-ortho nitro benzene ring substituents is 1. The van der Waals surface area contributed by atoms with Gasteiger partial charge in [-0.2, -0.15) is 5.26 Å². The van der Waals surface area contributed by atoms with Crippen molar-refractivity contribution in [3.63, 3.8) is 0 Å². The lowest BCUT2D eigenvalue weighted by atomic mass is 10.1. The molecule has 0 aliphatic heterocycles. The number of anilines is 2. The van der Waals surface area contributed by atoms with E-state index in [0.29, 0.717) is 0 Å². The summed E-state index contributed by atoms with van der Waals surface area (Å²) in [7, 11) is 1.36. The molecule has 2 amide bonds. The predicted molar refractivity (Wildman–Crippen MR) is 84.2 cm³/mol. The Morgan fingerprint density at radius 3 is 2.58 bits per heavy atom. The van der Waals surface area contributed by atoms with Crippen molar-refractivity contribution in [2.45, 2.75) is 0 Å². The van der Waals surface area contributed by atoms with Gasteiger partial charge in [-0.3, -0.25) is 15.0 Å². The Morgan fingerprint density at radius 2 is 2.08 bits per heavy atom. The van der Waals surface area contributed by atoms with Gasteiger partial charge in [0.25, 0.3) is 5.69 Å². The van der Waals surface area contributed by atoms with Gasteiger partial charge in [0.2, 0.25) is 0 Å². The van der Waals surface area contributed by atoms with E-state index in [9.17, 15) is 20.0 Å². The molecule has 0 fully saturated rings. The van der Waals surface area contributed by atoms with Crippen LogP contribution in [0.4, 0.5) is 21.9 Å². The molecule has 0 spiro atoms. The van der Waals surface area contributed by atoms with Crippen LogP contribution in [-0.2, 0) is 0 Å². The fourth-order valence-electron chi connectivity index (χ4n) is 2.11. The number of urea groups is 1. The van der Waals surface area contributed by atoms with Crippen molar-refractivity contribution in [1.29, 1.82) is 5.26 Å². The molecule has 2 rings (SSSR count). The van der Waals surface area contributed by atoms with Crippen LogP contribution in [0.3, 0.4) is 0 Å². The molecule has 0 radical (unpaired) electrons. The molecule has 122 valence electrons. The number of hydrogen-bond donors (Lipinski definition) is 2. The van der Waals surface area contributed by atoms with E-state index in [1.807, 2.05) is 6.07 Å². The van der Waals surface area contributed by atoms with Crippen LogP contribution in [0.1, 0.15) is 5.56 Å². The van der Waals surface area contributed by atoms with Crippen LogP contribution in [0.2, 0.25) is 0 Å². The number of carbonyl (C=O) groups excluding carboxylic acids is 1. The summed E-state index contributed by atoms with van der Waals surface area (Å²) in [5.41, 5.74) is 5.46. The first-order chi connectivity index (χ1) is 11.4. The fraction of sp³-hybridized carbons (Fsp3) is 0.0667. The average molecular weight is 328 g/mol. The van der Waals surface area contributed by atoms with Gasteiger partial charge in [0.05, 0.1) is 35.0 Å². The molecule has 0 unspecified atom stereocenters. The Kier molecular flexibility index (Phi) is 4.51. The number of phenols is 1. The number of nitriles is 1. The van der Waals surface area contributed by atoms with Crippen molar-refractivity contribution in [2.24, 2.45) is 5.73 Å². The smallest absolute Gasteiger partial charge is 0.324 e. The highest BCUT2D eigenvalue weighted by Crippen LogP contribution is 2.37. The maximum absolute atomic E-state index is 11.8. The van der Waals surface area contributed by atoms with Crippen LogP contribution in [0.25, 0.3) is 0 Å². The van der Waals surface area contributed by atoms with Gasteiger partial charge in [-0.15, -0.1) is 0 Å². The van der Waals surface area contributed by atoms with Crippen molar-refractivity contribution in [3.05, 3.63) is 52.1 Å².